The van der Waals surface area contributed by atoms with Gasteiger partial charge in [0.05, 0.1) is 23.4 Å². The molecule has 3 rings (SSSR count). The maximum Gasteiger partial charge on any atom is 0.417 e. The molecule has 3 aromatic rings. The van der Waals surface area contributed by atoms with Gasteiger partial charge in [0.2, 0.25) is 0 Å². The molecule has 0 saturated heterocycles. The summed E-state index contributed by atoms with van der Waals surface area (Å²) in [5, 5.41) is 2.49. The minimum atomic E-state index is -4.58. The number of carbonyl (C=O) groups is 1. The SMILES string of the molecule is Cc1cccn2cc(CNC(=O)c3ccccc3C(F)(F)F)nc12. The summed E-state index contributed by atoms with van der Waals surface area (Å²) in [5.41, 5.74) is 0.940. The molecule has 0 aliphatic carbocycles. The zero-order chi connectivity index (χ0) is 17.3. The number of aromatic nitrogens is 2. The number of pyridine rings is 1. The van der Waals surface area contributed by atoms with Crippen molar-refractivity contribution < 1.29 is 18.0 Å². The molecule has 0 bridgehead atoms. The molecule has 7 heteroatoms. The Hall–Kier alpha value is -2.83. The van der Waals surface area contributed by atoms with E-state index in [-0.39, 0.29) is 6.54 Å². The third-order valence-electron chi connectivity index (χ3n) is 3.63. The van der Waals surface area contributed by atoms with Gasteiger partial charge in [0.1, 0.15) is 5.65 Å². The minimum absolute atomic E-state index is 0.0478. The van der Waals surface area contributed by atoms with E-state index in [1.54, 1.807) is 10.6 Å². The Morgan fingerprint density at radius 2 is 1.96 bits per heavy atom. The van der Waals surface area contributed by atoms with Gasteiger partial charge in [-0.2, -0.15) is 13.2 Å². The number of benzene rings is 1. The number of carbonyl (C=O) groups excluding carboxylic acids is 1. The van der Waals surface area contributed by atoms with Gasteiger partial charge in [0.15, 0.2) is 0 Å². The van der Waals surface area contributed by atoms with Crippen LogP contribution in [0, 0.1) is 6.92 Å². The molecule has 0 saturated carbocycles. The van der Waals surface area contributed by atoms with Crippen molar-refractivity contribution in [3.05, 3.63) is 71.2 Å². The van der Waals surface area contributed by atoms with Crippen molar-refractivity contribution in [1.29, 1.82) is 0 Å². The van der Waals surface area contributed by atoms with Crippen LogP contribution in [0.25, 0.3) is 5.65 Å². The zero-order valence-electron chi connectivity index (χ0n) is 12.8. The molecule has 124 valence electrons. The smallest absolute Gasteiger partial charge is 0.346 e. The monoisotopic (exact) mass is 333 g/mol. The first kappa shape index (κ1) is 16.0. The lowest BCUT2D eigenvalue weighted by Gasteiger charge is -2.12. The number of amides is 1. The van der Waals surface area contributed by atoms with E-state index in [4.69, 9.17) is 0 Å². The lowest BCUT2D eigenvalue weighted by atomic mass is 10.1. The molecule has 4 nitrogen and oxygen atoms in total. The summed E-state index contributed by atoms with van der Waals surface area (Å²) < 4.78 is 40.7. The van der Waals surface area contributed by atoms with E-state index in [2.05, 4.69) is 10.3 Å². The summed E-state index contributed by atoms with van der Waals surface area (Å²) in [5.74, 6) is -0.781. The first-order valence-corrected chi connectivity index (χ1v) is 7.24. The van der Waals surface area contributed by atoms with Gasteiger partial charge >= 0.3 is 6.18 Å². The number of rotatable bonds is 3. The van der Waals surface area contributed by atoms with Gasteiger partial charge < -0.3 is 9.72 Å². The fourth-order valence-electron chi connectivity index (χ4n) is 2.48. The quantitative estimate of drug-likeness (QED) is 0.796. The number of hydrogen-bond donors (Lipinski definition) is 1. The molecule has 1 aromatic carbocycles. The summed E-state index contributed by atoms with van der Waals surface area (Å²) in [6.07, 6.45) is -1.02. The van der Waals surface area contributed by atoms with E-state index in [0.717, 1.165) is 23.3 Å². The maximum absolute atomic E-state index is 13.0. The molecule has 2 heterocycles. The first-order chi connectivity index (χ1) is 11.4. The van der Waals surface area contributed by atoms with E-state index in [9.17, 15) is 18.0 Å². The summed E-state index contributed by atoms with van der Waals surface area (Å²) in [4.78, 5) is 16.5. The van der Waals surface area contributed by atoms with Crippen LogP contribution in [0.3, 0.4) is 0 Å². The van der Waals surface area contributed by atoms with E-state index in [1.807, 2.05) is 25.3 Å². The fraction of sp³-hybridized carbons (Fsp3) is 0.176. The van der Waals surface area contributed by atoms with Gasteiger partial charge in [-0.25, -0.2) is 4.98 Å². The largest absolute Gasteiger partial charge is 0.417 e. The standard InChI is InChI=1S/C17H14F3N3O/c1-11-5-4-8-23-10-12(22-15(11)23)9-21-16(24)13-6-2-3-7-14(13)17(18,19)20/h2-8,10H,9H2,1H3,(H,21,24). The number of halogens is 3. The van der Waals surface area contributed by atoms with Crippen molar-refractivity contribution in [2.24, 2.45) is 0 Å². The second kappa shape index (κ2) is 5.99. The zero-order valence-corrected chi connectivity index (χ0v) is 12.8. The predicted molar refractivity (Wildman–Crippen MR) is 82.5 cm³/mol. The Morgan fingerprint density at radius 1 is 1.21 bits per heavy atom. The van der Waals surface area contributed by atoms with E-state index in [1.165, 1.54) is 12.1 Å². The highest BCUT2D eigenvalue weighted by Crippen LogP contribution is 2.31. The van der Waals surface area contributed by atoms with Gasteiger partial charge in [-0.15, -0.1) is 0 Å². The van der Waals surface area contributed by atoms with Crippen LogP contribution in [0.4, 0.5) is 13.2 Å². The van der Waals surface area contributed by atoms with Gasteiger partial charge in [0, 0.05) is 12.4 Å². The number of nitrogens with one attached hydrogen (secondary N) is 1. The molecule has 0 spiro atoms. The van der Waals surface area contributed by atoms with Crippen LogP contribution in [-0.4, -0.2) is 15.3 Å². The molecule has 1 N–H and O–H groups in total. The highest BCUT2D eigenvalue weighted by Gasteiger charge is 2.34. The molecule has 0 radical (unpaired) electrons. The lowest BCUT2D eigenvalue weighted by Crippen LogP contribution is -2.26. The van der Waals surface area contributed by atoms with Crippen LogP contribution in [0.5, 0.6) is 0 Å². The second-order valence-corrected chi connectivity index (χ2v) is 5.38. The second-order valence-electron chi connectivity index (χ2n) is 5.38. The molecule has 0 fully saturated rings. The van der Waals surface area contributed by atoms with Crippen LogP contribution in [-0.2, 0) is 12.7 Å². The van der Waals surface area contributed by atoms with Gasteiger partial charge in [-0.3, -0.25) is 4.79 Å². The van der Waals surface area contributed by atoms with Crippen molar-refractivity contribution in [2.75, 3.05) is 0 Å². The topological polar surface area (TPSA) is 46.4 Å². The summed E-state index contributed by atoms with van der Waals surface area (Å²) >= 11 is 0. The third kappa shape index (κ3) is 3.10. The third-order valence-corrected chi connectivity index (χ3v) is 3.63. The van der Waals surface area contributed by atoms with Crippen molar-refractivity contribution in [3.63, 3.8) is 0 Å². The normalized spacial score (nSPS) is 11.7. The summed E-state index contributed by atoms with van der Waals surface area (Å²) in [7, 11) is 0. The number of nitrogens with zero attached hydrogens (tertiary/aromatic N) is 2. The summed E-state index contributed by atoms with van der Waals surface area (Å²) in [6.45, 7) is 1.95. The number of hydrogen-bond acceptors (Lipinski definition) is 2. The van der Waals surface area contributed by atoms with E-state index >= 15 is 0 Å². The molecule has 0 aliphatic heterocycles. The van der Waals surface area contributed by atoms with Crippen molar-refractivity contribution >= 4 is 11.6 Å². The number of aryl methyl sites for hydroxylation is 1. The molecular formula is C17H14F3N3O. The maximum atomic E-state index is 13.0. The number of imidazole rings is 1. The highest BCUT2D eigenvalue weighted by molar-refractivity contribution is 5.95. The molecule has 0 atom stereocenters. The Morgan fingerprint density at radius 3 is 2.67 bits per heavy atom. The van der Waals surface area contributed by atoms with Crippen LogP contribution in [0.2, 0.25) is 0 Å². The highest BCUT2D eigenvalue weighted by atomic mass is 19.4. The number of fused-ring (bicyclic) bond motifs is 1. The molecule has 0 unspecified atom stereocenters. The Kier molecular flexibility index (Phi) is 4.01. The van der Waals surface area contributed by atoms with Crippen LogP contribution < -0.4 is 5.32 Å². The van der Waals surface area contributed by atoms with Crippen molar-refractivity contribution in [2.45, 2.75) is 19.6 Å². The number of alkyl halides is 3. The molecule has 2 aromatic heterocycles. The van der Waals surface area contributed by atoms with Crippen molar-refractivity contribution in [3.8, 4) is 0 Å². The van der Waals surface area contributed by atoms with Crippen LogP contribution in [0.1, 0.15) is 27.2 Å². The average Bonchev–Trinajstić information content (AvgIpc) is 2.96. The van der Waals surface area contributed by atoms with Crippen LogP contribution in [0.15, 0.2) is 48.8 Å². The fourth-order valence-corrected chi connectivity index (χ4v) is 2.48. The first-order valence-electron chi connectivity index (χ1n) is 7.24. The minimum Gasteiger partial charge on any atom is -0.346 e. The summed E-state index contributed by atoms with van der Waals surface area (Å²) in [6, 6.07) is 8.48. The molecule has 24 heavy (non-hydrogen) atoms. The predicted octanol–water partition coefficient (Wildman–Crippen LogP) is 3.59. The van der Waals surface area contributed by atoms with Gasteiger partial charge in [-0.1, -0.05) is 18.2 Å². The van der Waals surface area contributed by atoms with Crippen LogP contribution >= 0.6 is 0 Å². The molecule has 0 aliphatic rings. The van der Waals surface area contributed by atoms with Gasteiger partial charge in [0.25, 0.3) is 5.91 Å². The Balaban J connectivity index is 1.79. The van der Waals surface area contributed by atoms with E-state index < -0.39 is 23.2 Å². The van der Waals surface area contributed by atoms with E-state index in [0.29, 0.717) is 5.69 Å². The average molecular weight is 333 g/mol. The lowest BCUT2D eigenvalue weighted by molar-refractivity contribution is -0.137. The van der Waals surface area contributed by atoms with Gasteiger partial charge in [-0.05, 0) is 30.7 Å². The van der Waals surface area contributed by atoms with Crippen molar-refractivity contribution in [1.82, 2.24) is 14.7 Å². The Bertz CT molecular complexity index is 899. The molecule has 1 amide bonds. The molecular weight excluding hydrogens is 319 g/mol. The Labute approximate surface area is 135 Å².